The molecule has 0 bridgehead atoms. The Morgan fingerprint density at radius 3 is 2.52 bits per heavy atom. The molecular weight excluding hydrogens is 360 g/mol. The molecule has 0 unspecified atom stereocenters. The second-order valence-electron chi connectivity index (χ2n) is 5.68. The molecule has 3 aromatic rings. The van der Waals surface area contributed by atoms with E-state index in [9.17, 15) is 13.2 Å². The molecule has 9 heteroatoms. The fourth-order valence-corrected chi connectivity index (χ4v) is 4.02. The number of nitrogens with zero attached hydrogens (tertiary/aromatic N) is 2. The number of aromatic nitrogens is 2. The molecule has 3 rings (SSSR count). The predicted molar refractivity (Wildman–Crippen MR) is 98.1 cm³/mol. The Morgan fingerprint density at radius 2 is 1.80 bits per heavy atom. The number of sulfonamides is 1. The summed E-state index contributed by atoms with van der Waals surface area (Å²) >= 11 is 0.804. The Bertz CT molecular complexity index is 1030. The maximum absolute atomic E-state index is 12.5. The second-order valence-corrected chi connectivity index (χ2v) is 8.52. The SMILES string of the molecule is CC(C)C(=O)Nc1nnc(S(=O)(=O)Nc2ccc3ccccc3c2)s1. The highest BCUT2D eigenvalue weighted by molar-refractivity contribution is 7.94. The van der Waals surface area contributed by atoms with Crippen molar-refractivity contribution in [2.75, 3.05) is 10.0 Å². The molecule has 0 spiro atoms. The van der Waals surface area contributed by atoms with Crippen LogP contribution in [0.25, 0.3) is 10.8 Å². The first-order chi connectivity index (χ1) is 11.8. The van der Waals surface area contributed by atoms with Crippen LogP contribution in [0.5, 0.6) is 0 Å². The molecule has 0 aliphatic carbocycles. The summed E-state index contributed by atoms with van der Waals surface area (Å²) in [5.41, 5.74) is 0.432. The van der Waals surface area contributed by atoms with E-state index in [0.717, 1.165) is 22.1 Å². The van der Waals surface area contributed by atoms with Gasteiger partial charge in [0.25, 0.3) is 14.4 Å². The highest BCUT2D eigenvalue weighted by Crippen LogP contribution is 2.25. The van der Waals surface area contributed by atoms with Gasteiger partial charge in [0, 0.05) is 11.6 Å². The first-order valence-electron chi connectivity index (χ1n) is 7.51. The van der Waals surface area contributed by atoms with Crippen molar-refractivity contribution in [1.82, 2.24) is 10.2 Å². The van der Waals surface area contributed by atoms with Crippen molar-refractivity contribution in [2.24, 2.45) is 5.92 Å². The number of hydrogen-bond acceptors (Lipinski definition) is 6. The van der Waals surface area contributed by atoms with Crippen molar-refractivity contribution in [1.29, 1.82) is 0 Å². The zero-order valence-corrected chi connectivity index (χ0v) is 15.2. The van der Waals surface area contributed by atoms with Gasteiger partial charge in [-0.2, -0.15) is 8.42 Å². The highest BCUT2D eigenvalue weighted by Gasteiger charge is 2.21. The van der Waals surface area contributed by atoms with Gasteiger partial charge in [0.1, 0.15) is 0 Å². The Balaban J connectivity index is 1.81. The lowest BCUT2D eigenvalue weighted by Gasteiger charge is -2.06. The van der Waals surface area contributed by atoms with E-state index in [-0.39, 0.29) is 21.3 Å². The number of hydrogen-bond donors (Lipinski definition) is 2. The summed E-state index contributed by atoms with van der Waals surface area (Å²) in [6.45, 7) is 3.46. The van der Waals surface area contributed by atoms with Crippen molar-refractivity contribution >= 4 is 48.9 Å². The Labute approximate surface area is 149 Å². The number of amides is 1. The van der Waals surface area contributed by atoms with E-state index in [4.69, 9.17) is 0 Å². The van der Waals surface area contributed by atoms with Gasteiger partial charge in [-0.05, 0) is 22.9 Å². The largest absolute Gasteiger partial charge is 0.300 e. The molecule has 0 radical (unpaired) electrons. The van der Waals surface area contributed by atoms with Crippen LogP contribution in [0.2, 0.25) is 0 Å². The van der Waals surface area contributed by atoms with E-state index < -0.39 is 10.0 Å². The van der Waals surface area contributed by atoms with Gasteiger partial charge in [-0.1, -0.05) is 55.5 Å². The lowest BCUT2D eigenvalue weighted by atomic mass is 10.1. The van der Waals surface area contributed by atoms with E-state index >= 15 is 0 Å². The molecule has 2 aromatic carbocycles. The van der Waals surface area contributed by atoms with Gasteiger partial charge in [-0.25, -0.2) is 0 Å². The van der Waals surface area contributed by atoms with Crippen LogP contribution in [-0.2, 0) is 14.8 Å². The maximum atomic E-state index is 12.5. The smallest absolute Gasteiger partial charge is 0.291 e. The summed E-state index contributed by atoms with van der Waals surface area (Å²) in [6, 6.07) is 12.9. The predicted octanol–water partition coefficient (Wildman–Crippen LogP) is 3.09. The van der Waals surface area contributed by atoms with Crippen molar-refractivity contribution in [3.63, 3.8) is 0 Å². The topological polar surface area (TPSA) is 101 Å². The van der Waals surface area contributed by atoms with Crippen LogP contribution in [0, 0.1) is 5.92 Å². The standard InChI is InChI=1S/C16H16N4O3S2/c1-10(2)14(21)17-15-18-19-16(24-15)25(22,23)20-13-8-7-11-5-3-4-6-12(11)9-13/h3-10,20H,1-2H3,(H,17,18,21). The van der Waals surface area contributed by atoms with E-state index in [1.165, 1.54) is 0 Å². The average Bonchev–Trinajstić information content (AvgIpc) is 3.04. The number of benzene rings is 2. The number of rotatable bonds is 5. The van der Waals surface area contributed by atoms with Gasteiger partial charge in [0.2, 0.25) is 11.0 Å². The van der Waals surface area contributed by atoms with E-state index in [2.05, 4.69) is 20.2 Å². The zero-order valence-electron chi connectivity index (χ0n) is 13.6. The van der Waals surface area contributed by atoms with E-state index in [1.807, 2.05) is 30.3 Å². The molecule has 0 aliphatic heterocycles. The third-order valence-electron chi connectivity index (χ3n) is 3.39. The summed E-state index contributed by atoms with van der Waals surface area (Å²) in [5.74, 6) is -0.484. The molecule has 0 saturated carbocycles. The van der Waals surface area contributed by atoms with Crippen LogP contribution in [0.3, 0.4) is 0 Å². The van der Waals surface area contributed by atoms with Crippen LogP contribution >= 0.6 is 11.3 Å². The van der Waals surface area contributed by atoms with Crippen molar-refractivity contribution in [3.05, 3.63) is 42.5 Å². The van der Waals surface area contributed by atoms with Gasteiger partial charge in [0.15, 0.2) is 0 Å². The summed E-state index contributed by atoms with van der Waals surface area (Å²) in [5, 5.41) is 12.0. The van der Waals surface area contributed by atoms with Crippen LogP contribution in [-0.4, -0.2) is 24.5 Å². The van der Waals surface area contributed by atoms with Gasteiger partial charge in [0.05, 0.1) is 0 Å². The van der Waals surface area contributed by atoms with Crippen molar-refractivity contribution in [3.8, 4) is 0 Å². The van der Waals surface area contributed by atoms with Gasteiger partial charge in [-0.3, -0.25) is 9.52 Å². The first-order valence-corrected chi connectivity index (χ1v) is 9.81. The summed E-state index contributed by atoms with van der Waals surface area (Å²) in [6.07, 6.45) is 0. The minimum atomic E-state index is -3.87. The van der Waals surface area contributed by atoms with Gasteiger partial charge < -0.3 is 5.32 Å². The molecule has 0 atom stereocenters. The minimum Gasteiger partial charge on any atom is -0.300 e. The van der Waals surface area contributed by atoms with E-state index in [1.54, 1.807) is 26.0 Å². The minimum absolute atomic E-state index is 0.151. The lowest BCUT2D eigenvalue weighted by Crippen LogP contribution is -2.17. The molecule has 7 nitrogen and oxygen atoms in total. The van der Waals surface area contributed by atoms with E-state index in [0.29, 0.717) is 5.69 Å². The molecule has 1 heterocycles. The first kappa shape index (κ1) is 17.3. The highest BCUT2D eigenvalue weighted by atomic mass is 32.2. The molecule has 0 saturated heterocycles. The number of carbonyl (C=O) groups is 1. The van der Waals surface area contributed by atoms with Crippen molar-refractivity contribution in [2.45, 2.75) is 18.2 Å². The van der Waals surface area contributed by atoms with Crippen LogP contribution in [0.1, 0.15) is 13.8 Å². The van der Waals surface area contributed by atoms with Gasteiger partial charge in [-0.15, -0.1) is 10.2 Å². The maximum Gasteiger partial charge on any atom is 0.291 e. The molecule has 2 N–H and O–H groups in total. The summed E-state index contributed by atoms with van der Waals surface area (Å²) in [4.78, 5) is 11.6. The summed E-state index contributed by atoms with van der Waals surface area (Å²) in [7, 11) is -3.87. The second kappa shape index (κ2) is 6.77. The Morgan fingerprint density at radius 1 is 1.08 bits per heavy atom. The molecule has 1 amide bonds. The number of nitrogens with one attached hydrogen (secondary N) is 2. The molecule has 130 valence electrons. The molecule has 25 heavy (non-hydrogen) atoms. The normalized spacial score (nSPS) is 11.6. The van der Waals surface area contributed by atoms with Crippen molar-refractivity contribution < 1.29 is 13.2 Å². The fourth-order valence-electron chi connectivity index (χ4n) is 2.07. The van der Waals surface area contributed by atoms with Crippen LogP contribution in [0.15, 0.2) is 46.8 Å². The third-order valence-corrected chi connectivity index (χ3v) is 5.98. The Kier molecular flexibility index (Phi) is 4.69. The van der Waals surface area contributed by atoms with Crippen LogP contribution in [0.4, 0.5) is 10.8 Å². The third kappa shape index (κ3) is 3.94. The lowest BCUT2D eigenvalue weighted by molar-refractivity contribution is -0.118. The molecular formula is C16H16N4O3S2. The number of carbonyl (C=O) groups excluding carboxylic acids is 1. The molecule has 0 fully saturated rings. The zero-order chi connectivity index (χ0) is 18.0. The Hall–Kier alpha value is -2.52. The quantitative estimate of drug-likeness (QED) is 0.667. The monoisotopic (exact) mass is 376 g/mol. The number of anilines is 2. The molecule has 0 aliphatic rings. The summed E-state index contributed by atoms with van der Waals surface area (Å²) < 4.78 is 27.2. The number of fused-ring (bicyclic) bond motifs is 1. The van der Waals surface area contributed by atoms with Gasteiger partial charge >= 0.3 is 0 Å². The average molecular weight is 376 g/mol. The molecule has 1 aromatic heterocycles. The fraction of sp³-hybridized carbons (Fsp3) is 0.188. The van der Waals surface area contributed by atoms with Crippen LogP contribution < -0.4 is 10.0 Å².